The monoisotopic (exact) mass is 331 g/mol. The van der Waals surface area contributed by atoms with Gasteiger partial charge in [-0.1, -0.05) is 0 Å². The van der Waals surface area contributed by atoms with Crippen LogP contribution in [-0.2, 0) is 43.9 Å². The number of nitrogens with zero attached hydrogens (tertiary/aromatic N) is 4. The third-order valence-corrected chi connectivity index (χ3v) is 4.85. The number of hydrogen-bond donors (Lipinski definition) is 2. The zero-order valence-electron chi connectivity index (χ0n) is 13.7. The maximum Gasteiger partial charge on any atom is 0.275 e. The van der Waals surface area contributed by atoms with E-state index in [1.54, 1.807) is 4.90 Å². The fourth-order valence-electron chi connectivity index (χ4n) is 3.56. The van der Waals surface area contributed by atoms with Gasteiger partial charge in [-0.05, 0) is 6.92 Å². The van der Waals surface area contributed by atoms with Gasteiger partial charge in [-0.25, -0.2) is 0 Å². The van der Waals surface area contributed by atoms with Crippen LogP contribution in [0.2, 0.25) is 0 Å². The molecule has 0 radical (unpaired) electrons. The second-order valence-corrected chi connectivity index (χ2v) is 6.15. The second-order valence-electron chi connectivity index (χ2n) is 6.15. The summed E-state index contributed by atoms with van der Waals surface area (Å²) in [5, 5.41) is 21.2. The van der Waals surface area contributed by atoms with E-state index < -0.39 is 0 Å². The molecule has 0 spiro atoms. The SMILES string of the molecule is CCn1nc(CO)c2c1CCN(C(=O)c1n[nH]c3c1COCC3)C2. The van der Waals surface area contributed by atoms with Crippen molar-refractivity contribution in [2.24, 2.45) is 0 Å². The Labute approximate surface area is 139 Å². The number of hydrogen-bond acceptors (Lipinski definition) is 5. The summed E-state index contributed by atoms with van der Waals surface area (Å²) < 4.78 is 7.39. The van der Waals surface area contributed by atoms with Gasteiger partial charge in [-0.2, -0.15) is 10.2 Å². The van der Waals surface area contributed by atoms with Crippen LogP contribution in [0.5, 0.6) is 0 Å². The van der Waals surface area contributed by atoms with Gasteiger partial charge in [0.15, 0.2) is 5.69 Å². The highest BCUT2D eigenvalue weighted by Crippen LogP contribution is 2.26. The van der Waals surface area contributed by atoms with Crippen LogP contribution < -0.4 is 0 Å². The van der Waals surface area contributed by atoms with E-state index in [2.05, 4.69) is 15.3 Å². The first kappa shape index (κ1) is 15.3. The summed E-state index contributed by atoms with van der Waals surface area (Å²) in [5.41, 5.74) is 5.09. The van der Waals surface area contributed by atoms with Gasteiger partial charge in [0.25, 0.3) is 5.91 Å². The van der Waals surface area contributed by atoms with Crippen LogP contribution in [0.3, 0.4) is 0 Å². The molecule has 128 valence electrons. The normalized spacial score (nSPS) is 16.8. The van der Waals surface area contributed by atoms with E-state index in [1.165, 1.54) is 0 Å². The number of H-pyrrole nitrogens is 1. The smallest absolute Gasteiger partial charge is 0.275 e. The molecule has 2 N–H and O–H groups in total. The number of aliphatic hydroxyl groups excluding tert-OH is 1. The molecular weight excluding hydrogens is 310 g/mol. The zero-order chi connectivity index (χ0) is 16.7. The molecule has 0 aliphatic carbocycles. The van der Waals surface area contributed by atoms with Crippen molar-refractivity contribution in [3.05, 3.63) is 33.9 Å². The molecule has 8 nitrogen and oxygen atoms in total. The number of nitrogens with one attached hydrogen (secondary N) is 1. The minimum Gasteiger partial charge on any atom is -0.390 e. The van der Waals surface area contributed by atoms with Gasteiger partial charge < -0.3 is 14.7 Å². The van der Waals surface area contributed by atoms with E-state index in [0.29, 0.717) is 37.7 Å². The van der Waals surface area contributed by atoms with Gasteiger partial charge in [0.2, 0.25) is 0 Å². The average molecular weight is 331 g/mol. The molecule has 0 saturated heterocycles. The molecule has 0 aromatic carbocycles. The molecule has 0 bridgehead atoms. The Balaban J connectivity index is 1.61. The first-order valence-electron chi connectivity index (χ1n) is 8.34. The summed E-state index contributed by atoms with van der Waals surface area (Å²) >= 11 is 0. The first-order chi connectivity index (χ1) is 11.7. The van der Waals surface area contributed by atoms with E-state index in [0.717, 1.165) is 41.9 Å². The van der Waals surface area contributed by atoms with Gasteiger partial charge in [0.1, 0.15) is 0 Å². The van der Waals surface area contributed by atoms with Crippen molar-refractivity contribution in [3.8, 4) is 0 Å². The van der Waals surface area contributed by atoms with Crippen molar-refractivity contribution >= 4 is 5.91 Å². The lowest BCUT2D eigenvalue weighted by Crippen LogP contribution is -2.37. The van der Waals surface area contributed by atoms with Crippen LogP contribution in [0.15, 0.2) is 0 Å². The van der Waals surface area contributed by atoms with Crippen LogP contribution in [-0.4, -0.2) is 49.0 Å². The third kappa shape index (κ3) is 2.33. The summed E-state index contributed by atoms with van der Waals surface area (Å²) in [6, 6.07) is 0. The summed E-state index contributed by atoms with van der Waals surface area (Å²) in [6.07, 6.45) is 1.50. The lowest BCUT2D eigenvalue weighted by molar-refractivity contribution is 0.0713. The lowest BCUT2D eigenvalue weighted by Gasteiger charge is -2.27. The molecule has 2 aliphatic rings. The molecule has 0 saturated carbocycles. The molecule has 2 aromatic rings. The minimum atomic E-state index is -0.108. The number of aryl methyl sites for hydroxylation is 1. The largest absolute Gasteiger partial charge is 0.390 e. The van der Waals surface area contributed by atoms with Gasteiger partial charge in [-0.15, -0.1) is 0 Å². The molecule has 1 amide bonds. The number of carbonyl (C=O) groups excluding carboxylic acids is 1. The summed E-state index contributed by atoms with van der Waals surface area (Å²) in [4.78, 5) is 14.7. The summed E-state index contributed by atoms with van der Waals surface area (Å²) in [5.74, 6) is -0.0863. The zero-order valence-corrected chi connectivity index (χ0v) is 13.7. The highest BCUT2D eigenvalue weighted by atomic mass is 16.5. The Bertz CT molecular complexity index is 779. The van der Waals surface area contributed by atoms with Gasteiger partial charge >= 0.3 is 0 Å². The van der Waals surface area contributed by atoms with E-state index >= 15 is 0 Å². The predicted molar refractivity (Wildman–Crippen MR) is 84.2 cm³/mol. The van der Waals surface area contributed by atoms with E-state index in [1.807, 2.05) is 11.6 Å². The van der Waals surface area contributed by atoms with Crippen LogP contribution in [0, 0.1) is 0 Å². The third-order valence-electron chi connectivity index (χ3n) is 4.85. The van der Waals surface area contributed by atoms with Crippen molar-refractivity contribution in [1.29, 1.82) is 0 Å². The first-order valence-corrected chi connectivity index (χ1v) is 8.34. The van der Waals surface area contributed by atoms with E-state index in [4.69, 9.17) is 4.74 Å². The lowest BCUT2D eigenvalue weighted by atomic mass is 10.0. The Morgan fingerprint density at radius 3 is 3.04 bits per heavy atom. The predicted octanol–water partition coefficient (Wildman–Crippen LogP) is 0.390. The van der Waals surface area contributed by atoms with Crippen LogP contribution in [0.1, 0.15) is 45.6 Å². The maximum absolute atomic E-state index is 12.9. The number of ether oxygens (including phenoxy) is 1. The van der Waals surface area contributed by atoms with Crippen LogP contribution >= 0.6 is 0 Å². The standard InChI is InChI=1S/C16H21N5O3/c1-2-21-14-3-5-20(7-10(14)13(8-22)19-21)16(23)15-11-9-24-6-4-12(11)17-18-15/h22H,2-9H2,1H3,(H,17,18). The Morgan fingerprint density at radius 2 is 2.25 bits per heavy atom. The molecule has 8 heteroatoms. The van der Waals surface area contributed by atoms with Crippen molar-refractivity contribution in [1.82, 2.24) is 24.9 Å². The number of rotatable bonds is 3. The molecule has 24 heavy (non-hydrogen) atoms. The highest BCUT2D eigenvalue weighted by molar-refractivity contribution is 5.94. The number of aliphatic hydroxyl groups is 1. The number of carbonyl (C=O) groups is 1. The number of amides is 1. The van der Waals surface area contributed by atoms with Gasteiger partial charge in [-0.3, -0.25) is 14.6 Å². The van der Waals surface area contributed by atoms with Crippen molar-refractivity contribution < 1.29 is 14.6 Å². The Kier molecular flexibility index (Phi) is 3.85. The van der Waals surface area contributed by atoms with Crippen molar-refractivity contribution in [3.63, 3.8) is 0 Å². The van der Waals surface area contributed by atoms with Gasteiger partial charge in [0.05, 0.1) is 25.5 Å². The molecular formula is C16H21N5O3. The number of aromatic nitrogens is 4. The maximum atomic E-state index is 12.9. The molecule has 0 fully saturated rings. The molecule has 2 aromatic heterocycles. The van der Waals surface area contributed by atoms with Crippen molar-refractivity contribution in [2.45, 2.75) is 46.1 Å². The summed E-state index contributed by atoms with van der Waals surface area (Å²) in [6.45, 7) is 4.87. The Morgan fingerprint density at radius 1 is 1.38 bits per heavy atom. The molecule has 0 unspecified atom stereocenters. The quantitative estimate of drug-likeness (QED) is 0.848. The van der Waals surface area contributed by atoms with Crippen LogP contribution in [0.25, 0.3) is 0 Å². The summed E-state index contributed by atoms with van der Waals surface area (Å²) in [7, 11) is 0. The number of aromatic amines is 1. The van der Waals surface area contributed by atoms with Crippen molar-refractivity contribution in [2.75, 3.05) is 13.2 Å². The van der Waals surface area contributed by atoms with Crippen LogP contribution in [0.4, 0.5) is 0 Å². The fourth-order valence-corrected chi connectivity index (χ4v) is 3.56. The molecule has 2 aliphatic heterocycles. The molecule has 4 rings (SSSR count). The van der Waals surface area contributed by atoms with E-state index in [9.17, 15) is 9.90 Å². The second kappa shape index (κ2) is 6.03. The molecule has 0 atom stereocenters. The fraction of sp³-hybridized carbons (Fsp3) is 0.562. The minimum absolute atomic E-state index is 0.0863. The van der Waals surface area contributed by atoms with E-state index in [-0.39, 0.29) is 12.5 Å². The highest BCUT2D eigenvalue weighted by Gasteiger charge is 2.31. The molecule has 4 heterocycles. The average Bonchev–Trinajstić information content (AvgIpc) is 3.21. The van der Waals surface area contributed by atoms with Gasteiger partial charge in [0, 0.05) is 55.0 Å². The number of fused-ring (bicyclic) bond motifs is 2. The Hall–Kier alpha value is -2.19. The topological polar surface area (TPSA) is 96.3 Å².